The molecule has 0 amide bonds. The molecule has 19 heavy (non-hydrogen) atoms. The Balaban J connectivity index is 2.21. The van der Waals surface area contributed by atoms with Crippen molar-refractivity contribution >= 4 is 17.4 Å². The summed E-state index contributed by atoms with van der Waals surface area (Å²) < 4.78 is 0. The van der Waals surface area contributed by atoms with Crippen molar-refractivity contribution in [2.75, 3.05) is 18.0 Å². The van der Waals surface area contributed by atoms with Gasteiger partial charge in [-0.3, -0.25) is 0 Å². The maximum atomic E-state index is 6.00. The molecule has 106 valence electrons. The van der Waals surface area contributed by atoms with Crippen LogP contribution in [0.25, 0.3) is 0 Å². The summed E-state index contributed by atoms with van der Waals surface area (Å²) in [7, 11) is 0. The molecule has 0 spiro atoms. The van der Waals surface area contributed by atoms with Gasteiger partial charge >= 0.3 is 0 Å². The molecule has 3 heteroatoms. The Morgan fingerprint density at radius 3 is 2.74 bits per heavy atom. The third-order valence-corrected chi connectivity index (χ3v) is 4.41. The highest BCUT2D eigenvalue weighted by atomic mass is 35.5. The Hall–Kier alpha value is -0.760. The molecule has 1 aliphatic heterocycles. The second-order valence-electron chi connectivity index (χ2n) is 6.32. The second-order valence-corrected chi connectivity index (χ2v) is 6.58. The van der Waals surface area contributed by atoms with E-state index in [0.717, 1.165) is 31.0 Å². The molecule has 1 fully saturated rings. The lowest BCUT2D eigenvalue weighted by atomic mass is 9.85. The number of pyridine rings is 1. The first-order valence-electron chi connectivity index (χ1n) is 7.35. The topological polar surface area (TPSA) is 16.1 Å². The third kappa shape index (κ3) is 3.85. The molecule has 0 atom stereocenters. The maximum absolute atomic E-state index is 6.00. The zero-order chi connectivity index (χ0) is 13.9. The minimum absolute atomic E-state index is 0.465. The SMILES string of the molecule is CCc1cc(CCl)cc(N2CCCC(C)(C)CC2)n1. The van der Waals surface area contributed by atoms with Crippen molar-refractivity contribution in [2.24, 2.45) is 5.41 Å². The molecule has 0 aromatic carbocycles. The van der Waals surface area contributed by atoms with Crippen LogP contribution in [0.4, 0.5) is 5.82 Å². The average Bonchev–Trinajstić information content (AvgIpc) is 2.59. The molecule has 0 unspecified atom stereocenters. The highest BCUT2D eigenvalue weighted by molar-refractivity contribution is 6.17. The molecule has 2 nitrogen and oxygen atoms in total. The van der Waals surface area contributed by atoms with Crippen molar-refractivity contribution in [1.82, 2.24) is 4.98 Å². The summed E-state index contributed by atoms with van der Waals surface area (Å²) in [6.45, 7) is 9.11. The Labute approximate surface area is 122 Å². The monoisotopic (exact) mass is 280 g/mol. The van der Waals surface area contributed by atoms with Crippen molar-refractivity contribution in [2.45, 2.75) is 52.3 Å². The predicted octanol–water partition coefficient (Wildman–Crippen LogP) is 4.40. The molecule has 0 radical (unpaired) electrons. The van der Waals surface area contributed by atoms with Gasteiger partial charge in [0.15, 0.2) is 0 Å². The standard InChI is InChI=1S/C16H25ClN2/c1-4-14-10-13(12-17)11-15(18-14)19-8-5-6-16(2,3)7-9-19/h10-11H,4-9,12H2,1-3H3. The van der Waals surface area contributed by atoms with E-state index in [2.05, 4.69) is 37.8 Å². The number of aryl methyl sites for hydroxylation is 1. The van der Waals surface area contributed by atoms with Gasteiger partial charge in [0, 0.05) is 24.7 Å². The lowest BCUT2D eigenvalue weighted by Gasteiger charge is -2.24. The van der Waals surface area contributed by atoms with Gasteiger partial charge in [0.25, 0.3) is 0 Å². The van der Waals surface area contributed by atoms with Gasteiger partial charge in [0.05, 0.1) is 0 Å². The van der Waals surface area contributed by atoms with E-state index in [1.807, 2.05) is 0 Å². The van der Waals surface area contributed by atoms with Crippen LogP contribution in [0.2, 0.25) is 0 Å². The van der Waals surface area contributed by atoms with E-state index in [1.54, 1.807) is 0 Å². The largest absolute Gasteiger partial charge is 0.357 e. The number of hydrogen-bond acceptors (Lipinski definition) is 2. The first-order chi connectivity index (χ1) is 9.04. The average molecular weight is 281 g/mol. The molecule has 0 aliphatic carbocycles. The molecule has 1 saturated heterocycles. The quantitative estimate of drug-likeness (QED) is 0.763. The summed E-state index contributed by atoms with van der Waals surface area (Å²) in [5.74, 6) is 1.69. The molecule has 1 aliphatic rings. The van der Waals surface area contributed by atoms with Gasteiger partial charge < -0.3 is 4.90 Å². The molecular weight excluding hydrogens is 256 g/mol. The zero-order valence-corrected chi connectivity index (χ0v) is 13.1. The Kier molecular flexibility index (Phi) is 4.72. The number of alkyl halides is 1. The number of hydrogen-bond donors (Lipinski definition) is 0. The van der Waals surface area contributed by atoms with E-state index in [4.69, 9.17) is 16.6 Å². The third-order valence-electron chi connectivity index (χ3n) is 4.11. The highest BCUT2D eigenvalue weighted by Gasteiger charge is 2.23. The van der Waals surface area contributed by atoms with Crippen LogP contribution in [0.15, 0.2) is 12.1 Å². The van der Waals surface area contributed by atoms with Crippen LogP contribution in [0.1, 0.15) is 51.3 Å². The molecule has 0 saturated carbocycles. The molecule has 2 rings (SSSR count). The van der Waals surface area contributed by atoms with E-state index < -0.39 is 0 Å². The molecule has 1 aromatic rings. The van der Waals surface area contributed by atoms with Crippen LogP contribution >= 0.6 is 11.6 Å². The summed E-state index contributed by atoms with van der Waals surface area (Å²) in [5, 5.41) is 0. The molecule has 0 N–H and O–H groups in total. The van der Waals surface area contributed by atoms with Crippen molar-refractivity contribution in [1.29, 1.82) is 0 Å². The minimum Gasteiger partial charge on any atom is -0.357 e. The van der Waals surface area contributed by atoms with Crippen molar-refractivity contribution in [3.8, 4) is 0 Å². The van der Waals surface area contributed by atoms with Gasteiger partial charge in [-0.15, -0.1) is 11.6 Å². The molecule has 0 bridgehead atoms. The second kappa shape index (κ2) is 6.13. The number of anilines is 1. The van der Waals surface area contributed by atoms with E-state index in [1.165, 1.54) is 24.8 Å². The molecule has 2 heterocycles. The van der Waals surface area contributed by atoms with Gasteiger partial charge in [0.2, 0.25) is 0 Å². The highest BCUT2D eigenvalue weighted by Crippen LogP contribution is 2.31. The number of nitrogens with zero attached hydrogens (tertiary/aromatic N) is 2. The fourth-order valence-electron chi connectivity index (χ4n) is 2.71. The first kappa shape index (κ1) is 14.6. The van der Waals surface area contributed by atoms with E-state index in [0.29, 0.717) is 11.3 Å². The van der Waals surface area contributed by atoms with E-state index in [9.17, 15) is 0 Å². The Morgan fingerprint density at radius 2 is 2.05 bits per heavy atom. The van der Waals surface area contributed by atoms with Gasteiger partial charge in [-0.05, 0) is 48.8 Å². The van der Waals surface area contributed by atoms with E-state index in [-0.39, 0.29) is 0 Å². The van der Waals surface area contributed by atoms with Crippen LogP contribution < -0.4 is 4.90 Å². The maximum Gasteiger partial charge on any atom is 0.129 e. The fraction of sp³-hybridized carbons (Fsp3) is 0.688. The van der Waals surface area contributed by atoms with Crippen molar-refractivity contribution in [3.63, 3.8) is 0 Å². The van der Waals surface area contributed by atoms with Crippen LogP contribution in [-0.2, 0) is 12.3 Å². The number of rotatable bonds is 3. The van der Waals surface area contributed by atoms with Crippen molar-refractivity contribution in [3.05, 3.63) is 23.4 Å². The number of halogens is 1. The van der Waals surface area contributed by atoms with Gasteiger partial charge in [-0.2, -0.15) is 0 Å². The molecular formula is C16H25ClN2. The number of aromatic nitrogens is 1. The summed E-state index contributed by atoms with van der Waals surface area (Å²) in [6, 6.07) is 4.28. The Morgan fingerprint density at radius 1 is 1.26 bits per heavy atom. The smallest absolute Gasteiger partial charge is 0.129 e. The predicted molar refractivity (Wildman–Crippen MR) is 83.0 cm³/mol. The van der Waals surface area contributed by atoms with Crippen molar-refractivity contribution < 1.29 is 0 Å². The lowest BCUT2D eigenvalue weighted by Crippen LogP contribution is -2.26. The zero-order valence-electron chi connectivity index (χ0n) is 12.4. The van der Waals surface area contributed by atoms with Gasteiger partial charge in [-0.1, -0.05) is 20.8 Å². The minimum atomic E-state index is 0.465. The fourth-order valence-corrected chi connectivity index (χ4v) is 2.86. The summed E-state index contributed by atoms with van der Waals surface area (Å²) in [6.07, 6.45) is 4.76. The van der Waals surface area contributed by atoms with Crippen LogP contribution in [0.3, 0.4) is 0 Å². The lowest BCUT2D eigenvalue weighted by molar-refractivity contribution is 0.325. The van der Waals surface area contributed by atoms with E-state index >= 15 is 0 Å². The normalized spacial score (nSPS) is 19.3. The van der Waals surface area contributed by atoms with Crippen LogP contribution in [0.5, 0.6) is 0 Å². The van der Waals surface area contributed by atoms with Gasteiger partial charge in [0.1, 0.15) is 5.82 Å². The summed E-state index contributed by atoms with van der Waals surface area (Å²) in [4.78, 5) is 7.21. The van der Waals surface area contributed by atoms with Crippen LogP contribution in [0, 0.1) is 5.41 Å². The summed E-state index contributed by atoms with van der Waals surface area (Å²) in [5.41, 5.74) is 2.80. The molecule has 1 aromatic heterocycles. The van der Waals surface area contributed by atoms with Crippen LogP contribution in [-0.4, -0.2) is 18.1 Å². The van der Waals surface area contributed by atoms with Gasteiger partial charge in [-0.25, -0.2) is 4.98 Å². The Bertz CT molecular complexity index is 407. The first-order valence-corrected chi connectivity index (χ1v) is 7.88. The summed E-state index contributed by atoms with van der Waals surface area (Å²) >= 11 is 6.00.